The highest BCUT2D eigenvalue weighted by molar-refractivity contribution is 9.18. The van der Waals surface area contributed by atoms with Crippen LogP contribution in [0.5, 0.6) is 0 Å². The molecule has 4 heteroatoms. The second-order valence-electron chi connectivity index (χ2n) is 2.09. The van der Waals surface area contributed by atoms with Crippen LogP contribution in [0, 0.1) is 0 Å². The van der Waals surface area contributed by atoms with Crippen molar-refractivity contribution in [2.75, 3.05) is 0 Å². The Kier molecular flexibility index (Phi) is 3.17. The van der Waals surface area contributed by atoms with Gasteiger partial charge in [0.25, 0.3) is 0 Å². The van der Waals surface area contributed by atoms with Crippen molar-refractivity contribution in [3.8, 4) is 0 Å². The average molecular weight is 292 g/mol. The molecule has 0 aromatic heterocycles. The fraction of sp³-hybridized carbons (Fsp3) is 0. The summed E-state index contributed by atoms with van der Waals surface area (Å²) in [5.74, 6) is 0. The third kappa shape index (κ3) is 2.01. The molecule has 0 saturated heterocycles. The maximum absolute atomic E-state index is 10.9. The molecule has 0 heterocycles. The molecule has 0 aliphatic carbocycles. The number of benzene rings is 1. The van der Waals surface area contributed by atoms with Crippen molar-refractivity contribution >= 4 is 41.2 Å². The van der Waals surface area contributed by atoms with Crippen LogP contribution in [-0.4, -0.2) is 9.39 Å². The Balaban J connectivity index is 3.27. The molecule has 0 spiro atoms. The highest BCUT2D eigenvalue weighted by Gasteiger charge is 2.11. The molecule has 12 heavy (non-hydrogen) atoms. The van der Waals surface area contributed by atoms with Crippen molar-refractivity contribution in [2.45, 2.75) is 0 Å². The summed E-state index contributed by atoms with van der Waals surface area (Å²) in [5, 5.41) is 0. The fourth-order valence-corrected chi connectivity index (χ4v) is 1.52. The van der Waals surface area contributed by atoms with Gasteiger partial charge in [0.2, 0.25) is 9.39 Å². The molecule has 1 aromatic rings. The van der Waals surface area contributed by atoms with Crippen molar-refractivity contribution in [1.82, 2.24) is 0 Å². The van der Waals surface area contributed by atoms with Crippen LogP contribution in [0.4, 0.5) is 0 Å². The van der Waals surface area contributed by atoms with Crippen molar-refractivity contribution in [3.63, 3.8) is 0 Å². The minimum absolute atomic E-state index is 0.286. The Morgan fingerprint density at radius 1 is 0.917 bits per heavy atom. The zero-order chi connectivity index (χ0) is 9.14. The quantitative estimate of drug-likeness (QED) is 0.785. The number of halogens is 2. The normalized spacial score (nSPS) is 9.50. The standard InChI is InChI=1S/C8H4Br2O2/c9-7(11)5-3-1-2-4-6(5)8(10)12/h1-4H. The minimum Gasteiger partial charge on any atom is -0.281 e. The first-order valence-electron chi connectivity index (χ1n) is 3.11. The van der Waals surface area contributed by atoms with Crippen molar-refractivity contribution in [2.24, 2.45) is 0 Å². The van der Waals surface area contributed by atoms with Crippen molar-refractivity contribution in [3.05, 3.63) is 35.4 Å². The molecule has 0 N–H and O–H groups in total. The number of hydrogen-bond acceptors (Lipinski definition) is 2. The lowest BCUT2D eigenvalue weighted by atomic mass is 10.1. The van der Waals surface area contributed by atoms with E-state index in [9.17, 15) is 9.59 Å². The minimum atomic E-state index is -0.286. The average Bonchev–Trinajstić information content (AvgIpc) is 2.04. The molecule has 0 amide bonds. The lowest BCUT2D eigenvalue weighted by Crippen LogP contribution is -1.98. The van der Waals surface area contributed by atoms with Gasteiger partial charge >= 0.3 is 0 Å². The molecule has 0 unspecified atom stereocenters. The van der Waals surface area contributed by atoms with E-state index < -0.39 is 0 Å². The predicted molar refractivity (Wildman–Crippen MR) is 53.0 cm³/mol. The second kappa shape index (κ2) is 3.96. The second-order valence-corrected chi connectivity index (χ2v) is 3.53. The van der Waals surface area contributed by atoms with Gasteiger partial charge in [0.05, 0.1) is 0 Å². The number of carbonyl (C=O) groups excluding carboxylic acids is 2. The van der Waals surface area contributed by atoms with Gasteiger partial charge in [-0.3, -0.25) is 9.59 Å². The van der Waals surface area contributed by atoms with E-state index in [2.05, 4.69) is 31.9 Å². The summed E-state index contributed by atoms with van der Waals surface area (Å²) in [7, 11) is 0. The summed E-state index contributed by atoms with van der Waals surface area (Å²) in [5.41, 5.74) is 0.749. The van der Waals surface area contributed by atoms with Gasteiger partial charge in [-0.05, 0) is 44.0 Å². The smallest absolute Gasteiger partial charge is 0.228 e. The summed E-state index contributed by atoms with van der Waals surface area (Å²) >= 11 is 5.58. The molecular formula is C8H4Br2O2. The first-order chi connectivity index (χ1) is 5.63. The van der Waals surface area contributed by atoms with Gasteiger partial charge < -0.3 is 0 Å². The van der Waals surface area contributed by atoms with Crippen molar-refractivity contribution < 1.29 is 9.59 Å². The largest absolute Gasteiger partial charge is 0.281 e. The Bertz CT molecular complexity index is 301. The first kappa shape index (κ1) is 9.61. The monoisotopic (exact) mass is 290 g/mol. The molecule has 0 atom stereocenters. The predicted octanol–water partition coefficient (Wildman–Crippen LogP) is 2.76. The van der Waals surface area contributed by atoms with Crippen LogP contribution in [0.3, 0.4) is 0 Å². The van der Waals surface area contributed by atoms with Gasteiger partial charge in [-0.2, -0.15) is 0 Å². The molecule has 0 saturated carbocycles. The van der Waals surface area contributed by atoms with Crippen LogP contribution in [0.25, 0.3) is 0 Å². The Hall–Kier alpha value is -0.480. The van der Waals surface area contributed by atoms with Gasteiger partial charge in [-0.25, -0.2) is 0 Å². The molecule has 0 aliphatic heterocycles. The van der Waals surface area contributed by atoms with Crippen LogP contribution in [0.15, 0.2) is 24.3 Å². The summed E-state index contributed by atoms with van der Waals surface area (Å²) in [4.78, 5) is 21.8. The molecule has 1 aromatic carbocycles. The lowest BCUT2D eigenvalue weighted by Gasteiger charge is -1.98. The lowest BCUT2D eigenvalue weighted by molar-refractivity contribution is 0.106. The van der Waals surface area contributed by atoms with E-state index in [1.807, 2.05) is 0 Å². The summed E-state index contributed by atoms with van der Waals surface area (Å²) in [6.45, 7) is 0. The number of rotatable bonds is 2. The van der Waals surface area contributed by atoms with E-state index in [0.717, 1.165) is 0 Å². The topological polar surface area (TPSA) is 34.1 Å². The summed E-state index contributed by atoms with van der Waals surface area (Å²) in [6.07, 6.45) is 0. The van der Waals surface area contributed by atoms with Crippen LogP contribution in [0.2, 0.25) is 0 Å². The van der Waals surface area contributed by atoms with E-state index in [0.29, 0.717) is 11.1 Å². The van der Waals surface area contributed by atoms with Gasteiger partial charge in [-0.15, -0.1) is 0 Å². The van der Waals surface area contributed by atoms with Crippen molar-refractivity contribution in [1.29, 1.82) is 0 Å². The highest BCUT2D eigenvalue weighted by atomic mass is 79.9. The molecule has 0 aliphatic rings. The summed E-state index contributed by atoms with van der Waals surface area (Å²) < 4.78 is -0.572. The molecular weight excluding hydrogens is 288 g/mol. The van der Waals surface area contributed by atoms with Crippen LogP contribution in [0.1, 0.15) is 20.7 Å². The Labute approximate surface area is 86.2 Å². The zero-order valence-corrected chi connectivity index (χ0v) is 9.05. The fourth-order valence-electron chi connectivity index (χ4n) is 0.826. The van der Waals surface area contributed by atoms with Crippen LogP contribution >= 0.6 is 31.9 Å². The molecule has 1 rings (SSSR count). The van der Waals surface area contributed by atoms with Gasteiger partial charge in [-0.1, -0.05) is 12.1 Å². The van der Waals surface area contributed by atoms with Gasteiger partial charge in [0, 0.05) is 11.1 Å². The molecule has 0 radical (unpaired) electrons. The molecule has 62 valence electrons. The number of carbonyl (C=O) groups is 2. The molecule has 0 fully saturated rings. The highest BCUT2D eigenvalue weighted by Crippen LogP contribution is 2.15. The van der Waals surface area contributed by atoms with E-state index in [1.165, 1.54) is 0 Å². The third-order valence-electron chi connectivity index (χ3n) is 1.35. The van der Waals surface area contributed by atoms with E-state index in [4.69, 9.17) is 0 Å². The van der Waals surface area contributed by atoms with Gasteiger partial charge in [0.1, 0.15) is 0 Å². The first-order valence-corrected chi connectivity index (χ1v) is 4.70. The SMILES string of the molecule is O=C(Br)c1ccccc1C(=O)Br. The Morgan fingerprint density at radius 3 is 1.50 bits per heavy atom. The maximum Gasteiger partial charge on any atom is 0.228 e. The summed E-state index contributed by atoms with van der Waals surface area (Å²) in [6, 6.07) is 6.58. The Morgan fingerprint density at radius 2 is 1.25 bits per heavy atom. The zero-order valence-electron chi connectivity index (χ0n) is 5.88. The van der Waals surface area contributed by atoms with Gasteiger partial charge in [0.15, 0.2) is 0 Å². The maximum atomic E-state index is 10.9. The van der Waals surface area contributed by atoms with Crippen LogP contribution in [-0.2, 0) is 0 Å². The molecule has 2 nitrogen and oxygen atoms in total. The van der Waals surface area contributed by atoms with E-state index in [-0.39, 0.29) is 9.39 Å². The number of hydrogen-bond donors (Lipinski definition) is 0. The van der Waals surface area contributed by atoms with E-state index in [1.54, 1.807) is 24.3 Å². The molecule has 0 bridgehead atoms. The third-order valence-corrected chi connectivity index (χ3v) is 2.20. The van der Waals surface area contributed by atoms with Crippen LogP contribution < -0.4 is 0 Å². The van der Waals surface area contributed by atoms with E-state index >= 15 is 0 Å².